The molecule has 0 bridgehead atoms. The van der Waals surface area contributed by atoms with Crippen molar-refractivity contribution in [1.82, 2.24) is 9.71 Å². The van der Waals surface area contributed by atoms with Crippen LogP contribution in [-0.2, 0) is 10.0 Å². The van der Waals surface area contributed by atoms with E-state index in [2.05, 4.69) is 9.71 Å². The molecule has 1 aromatic rings. The fraction of sp³-hybridized carbons (Fsp3) is 0.727. The van der Waals surface area contributed by atoms with Gasteiger partial charge in [0.05, 0.1) is 5.69 Å². The van der Waals surface area contributed by atoms with Crippen LogP contribution in [0.5, 0.6) is 0 Å². The van der Waals surface area contributed by atoms with Crippen LogP contribution in [-0.4, -0.2) is 19.4 Å². The standard InChI is InChI=1S/C11H19N3O2S2/c1-3-9(6-8-4-5-8)14-18(15,16)10-7(2)13-11(12)17-10/h8-9,14H,3-6H2,1-2H3,(H2,12,13). The van der Waals surface area contributed by atoms with Crippen molar-refractivity contribution in [2.24, 2.45) is 5.92 Å². The van der Waals surface area contributed by atoms with Crippen molar-refractivity contribution in [2.45, 2.75) is 49.8 Å². The first-order chi connectivity index (χ1) is 8.42. The van der Waals surface area contributed by atoms with E-state index in [-0.39, 0.29) is 10.3 Å². The number of nitrogen functional groups attached to an aromatic ring is 1. The lowest BCUT2D eigenvalue weighted by molar-refractivity contribution is 0.496. The topological polar surface area (TPSA) is 85.1 Å². The summed E-state index contributed by atoms with van der Waals surface area (Å²) in [7, 11) is -3.47. The van der Waals surface area contributed by atoms with Gasteiger partial charge in [-0.2, -0.15) is 0 Å². The average Bonchev–Trinajstić information content (AvgIpc) is 3.01. The van der Waals surface area contributed by atoms with Crippen LogP contribution in [0.3, 0.4) is 0 Å². The summed E-state index contributed by atoms with van der Waals surface area (Å²) in [5.41, 5.74) is 6.02. The Labute approximate surface area is 112 Å². The molecule has 7 heteroatoms. The molecular formula is C11H19N3O2S2. The minimum Gasteiger partial charge on any atom is -0.375 e. The van der Waals surface area contributed by atoms with Gasteiger partial charge in [-0.15, -0.1) is 0 Å². The SMILES string of the molecule is CCC(CC1CC1)NS(=O)(=O)c1sc(N)nc1C. The lowest BCUT2D eigenvalue weighted by Gasteiger charge is -2.16. The Kier molecular flexibility index (Phi) is 3.93. The molecule has 18 heavy (non-hydrogen) atoms. The summed E-state index contributed by atoms with van der Waals surface area (Å²) < 4.78 is 27.5. The molecule has 1 aromatic heterocycles. The van der Waals surface area contributed by atoms with E-state index in [9.17, 15) is 8.42 Å². The maximum Gasteiger partial charge on any atom is 0.252 e. The maximum absolute atomic E-state index is 12.2. The maximum atomic E-state index is 12.2. The number of hydrogen-bond acceptors (Lipinski definition) is 5. The van der Waals surface area contributed by atoms with Crippen LogP contribution in [0.4, 0.5) is 5.13 Å². The predicted octanol–water partition coefficient (Wildman–Crippen LogP) is 1.89. The van der Waals surface area contributed by atoms with Crippen molar-refractivity contribution in [3.63, 3.8) is 0 Å². The van der Waals surface area contributed by atoms with Gasteiger partial charge in [0, 0.05) is 6.04 Å². The van der Waals surface area contributed by atoms with Gasteiger partial charge in [-0.1, -0.05) is 31.1 Å². The Balaban J connectivity index is 2.12. The number of nitrogens with one attached hydrogen (secondary N) is 1. The molecule has 0 saturated heterocycles. The molecule has 3 N–H and O–H groups in total. The van der Waals surface area contributed by atoms with Crippen LogP contribution >= 0.6 is 11.3 Å². The highest BCUT2D eigenvalue weighted by atomic mass is 32.2. The van der Waals surface area contributed by atoms with Gasteiger partial charge in [-0.25, -0.2) is 18.1 Å². The Morgan fingerprint density at radius 1 is 1.56 bits per heavy atom. The highest BCUT2D eigenvalue weighted by molar-refractivity contribution is 7.91. The third kappa shape index (κ3) is 3.21. The molecule has 1 fully saturated rings. The predicted molar refractivity (Wildman–Crippen MR) is 73.0 cm³/mol. The molecule has 0 radical (unpaired) electrons. The normalized spacial score (nSPS) is 17.9. The molecule has 2 rings (SSSR count). The van der Waals surface area contributed by atoms with Gasteiger partial charge in [0.15, 0.2) is 9.34 Å². The van der Waals surface area contributed by atoms with Gasteiger partial charge < -0.3 is 5.73 Å². The summed E-state index contributed by atoms with van der Waals surface area (Å²) in [6.45, 7) is 3.67. The Hall–Kier alpha value is -0.660. The summed E-state index contributed by atoms with van der Waals surface area (Å²) in [5, 5.41) is 0.295. The second-order valence-electron chi connectivity index (χ2n) is 4.83. The van der Waals surface area contributed by atoms with Crippen molar-refractivity contribution in [1.29, 1.82) is 0 Å². The summed E-state index contributed by atoms with van der Waals surface area (Å²) in [6.07, 6.45) is 4.20. The molecule has 1 saturated carbocycles. The molecule has 0 aromatic carbocycles. The number of aryl methyl sites for hydroxylation is 1. The molecule has 102 valence electrons. The van der Waals surface area contributed by atoms with E-state index in [4.69, 9.17) is 5.73 Å². The number of nitrogens with zero attached hydrogens (tertiary/aromatic N) is 1. The molecule has 0 amide bonds. The van der Waals surface area contributed by atoms with Gasteiger partial charge >= 0.3 is 0 Å². The lowest BCUT2D eigenvalue weighted by atomic mass is 10.1. The zero-order chi connectivity index (χ0) is 13.3. The molecule has 0 spiro atoms. The van der Waals surface area contributed by atoms with E-state index < -0.39 is 10.0 Å². The second-order valence-corrected chi connectivity index (χ2v) is 7.77. The van der Waals surface area contributed by atoms with Crippen LogP contribution in [0.2, 0.25) is 0 Å². The summed E-state index contributed by atoms with van der Waals surface area (Å²) in [5.74, 6) is 0.699. The molecular weight excluding hydrogens is 270 g/mol. The summed E-state index contributed by atoms with van der Waals surface area (Å²) in [6, 6.07) is 0.0187. The van der Waals surface area contributed by atoms with Crippen molar-refractivity contribution < 1.29 is 8.42 Å². The van der Waals surface area contributed by atoms with Crippen molar-refractivity contribution in [2.75, 3.05) is 5.73 Å². The van der Waals surface area contributed by atoms with Crippen LogP contribution in [0.1, 0.15) is 38.3 Å². The number of sulfonamides is 1. The first kappa shape index (κ1) is 13.8. The average molecular weight is 289 g/mol. The fourth-order valence-corrected chi connectivity index (χ4v) is 4.63. The number of nitrogens with two attached hydrogens (primary N) is 1. The molecule has 1 aliphatic rings. The highest BCUT2D eigenvalue weighted by Gasteiger charge is 2.29. The second kappa shape index (κ2) is 5.14. The van der Waals surface area contributed by atoms with Crippen molar-refractivity contribution in [3.05, 3.63) is 5.69 Å². The summed E-state index contributed by atoms with van der Waals surface area (Å²) >= 11 is 1.02. The third-order valence-electron chi connectivity index (χ3n) is 3.14. The number of anilines is 1. The highest BCUT2D eigenvalue weighted by Crippen LogP contribution is 2.34. The van der Waals surface area contributed by atoms with Crippen molar-refractivity contribution >= 4 is 26.5 Å². The van der Waals surface area contributed by atoms with Crippen LogP contribution in [0, 0.1) is 12.8 Å². The first-order valence-electron chi connectivity index (χ1n) is 6.17. The van der Waals surface area contributed by atoms with Crippen LogP contribution < -0.4 is 10.5 Å². The van der Waals surface area contributed by atoms with Gasteiger partial charge in [-0.3, -0.25) is 0 Å². The van der Waals surface area contributed by atoms with E-state index in [1.807, 2.05) is 6.92 Å². The molecule has 1 aliphatic carbocycles. The van der Waals surface area contributed by atoms with Gasteiger partial charge in [-0.05, 0) is 25.7 Å². The molecule has 5 nitrogen and oxygen atoms in total. The Morgan fingerprint density at radius 3 is 2.67 bits per heavy atom. The van der Waals surface area contributed by atoms with Gasteiger partial charge in [0.2, 0.25) is 0 Å². The van der Waals surface area contributed by atoms with Crippen molar-refractivity contribution in [3.8, 4) is 0 Å². The van der Waals surface area contributed by atoms with E-state index in [0.29, 0.717) is 16.7 Å². The smallest absolute Gasteiger partial charge is 0.252 e. The lowest BCUT2D eigenvalue weighted by Crippen LogP contribution is -2.34. The molecule has 1 unspecified atom stereocenters. The molecule has 1 heterocycles. The van der Waals surface area contributed by atoms with E-state index in [1.54, 1.807) is 6.92 Å². The van der Waals surface area contributed by atoms with Gasteiger partial charge in [0.1, 0.15) is 0 Å². The minimum absolute atomic E-state index is 0.0187. The number of thiazole rings is 1. The van der Waals surface area contributed by atoms with Crippen LogP contribution in [0.25, 0.3) is 0 Å². The first-order valence-corrected chi connectivity index (χ1v) is 8.47. The summed E-state index contributed by atoms with van der Waals surface area (Å²) in [4.78, 5) is 3.96. The molecule has 1 atom stereocenters. The number of aromatic nitrogens is 1. The van der Waals surface area contributed by atoms with Crippen LogP contribution in [0.15, 0.2) is 4.21 Å². The largest absolute Gasteiger partial charge is 0.375 e. The zero-order valence-corrected chi connectivity index (χ0v) is 12.3. The third-order valence-corrected chi connectivity index (χ3v) is 6.26. The fourth-order valence-electron chi connectivity index (χ4n) is 1.98. The Bertz CT molecular complexity index is 520. The quantitative estimate of drug-likeness (QED) is 0.837. The zero-order valence-electron chi connectivity index (χ0n) is 10.6. The van der Waals surface area contributed by atoms with E-state index in [0.717, 1.165) is 24.2 Å². The monoisotopic (exact) mass is 289 g/mol. The molecule has 0 aliphatic heterocycles. The van der Waals surface area contributed by atoms with E-state index >= 15 is 0 Å². The Morgan fingerprint density at radius 2 is 2.22 bits per heavy atom. The number of rotatable bonds is 6. The van der Waals surface area contributed by atoms with Gasteiger partial charge in [0.25, 0.3) is 10.0 Å². The minimum atomic E-state index is -3.47. The number of hydrogen-bond donors (Lipinski definition) is 2. The van der Waals surface area contributed by atoms with E-state index in [1.165, 1.54) is 12.8 Å².